The zero-order valence-electron chi connectivity index (χ0n) is 17.0. The average molecular weight is 426 g/mol. The number of amides is 1. The summed E-state index contributed by atoms with van der Waals surface area (Å²) < 4.78 is 6.46. The molecule has 1 aliphatic heterocycles. The van der Waals surface area contributed by atoms with Gasteiger partial charge in [0, 0.05) is 26.1 Å². The summed E-state index contributed by atoms with van der Waals surface area (Å²) in [6.45, 7) is 3.08. The Hall–Kier alpha value is -3.00. The monoisotopic (exact) mass is 425 g/mol. The Kier molecular flexibility index (Phi) is 5.67. The Morgan fingerprint density at radius 3 is 2.77 bits per heavy atom. The summed E-state index contributed by atoms with van der Waals surface area (Å²) in [5, 5.41) is 0.529. The highest BCUT2D eigenvalue weighted by molar-refractivity contribution is 7.20. The molecule has 0 N–H and O–H groups in total. The Bertz CT molecular complexity index is 1170. The summed E-state index contributed by atoms with van der Waals surface area (Å²) in [6, 6.07) is 9.62. The fourth-order valence-electron chi connectivity index (χ4n) is 3.81. The van der Waals surface area contributed by atoms with E-state index in [1.165, 1.54) is 18.4 Å². The lowest BCUT2D eigenvalue weighted by Gasteiger charge is -2.22. The molecule has 3 aromatic rings. The van der Waals surface area contributed by atoms with Crippen molar-refractivity contribution < 1.29 is 14.3 Å². The van der Waals surface area contributed by atoms with Gasteiger partial charge in [0.2, 0.25) is 0 Å². The second kappa shape index (κ2) is 8.39. The van der Waals surface area contributed by atoms with E-state index in [1.54, 1.807) is 16.4 Å². The molecule has 0 radical (unpaired) electrons. The predicted molar refractivity (Wildman–Crippen MR) is 115 cm³/mol. The number of methoxy groups -OCH3 is 1. The van der Waals surface area contributed by atoms with E-state index in [0.29, 0.717) is 33.7 Å². The largest absolute Gasteiger partial charge is 0.469 e. The maximum atomic E-state index is 13.5. The standard InChI is InChI=1S/C22H23N3O4S/c1-14-18-20(23-16-9-6-11-25(16)21(18)27)30-19(14)22(28)24(12-10-17(26)29-2)13-15-7-4-3-5-8-15/h3-5,7-8H,6,9-13H2,1-2H3. The lowest BCUT2D eigenvalue weighted by Crippen LogP contribution is -2.32. The minimum absolute atomic E-state index is 0.0653. The molecule has 0 saturated heterocycles. The van der Waals surface area contributed by atoms with Crippen molar-refractivity contribution in [2.75, 3.05) is 13.7 Å². The number of esters is 1. The van der Waals surface area contributed by atoms with Gasteiger partial charge in [-0.15, -0.1) is 11.3 Å². The molecule has 0 fully saturated rings. The minimum Gasteiger partial charge on any atom is -0.469 e. The molecule has 1 amide bonds. The summed E-state index contributed by atoms with van der Waals surface area (Å²) in [4.78, 5) is 45.5. The molecule has 0 aliphatic carbocycles. The molecule has 7 nitrogen and oxygen atoms in total. The lowest BCUT2D eigenvalue weighted by molar-refractivity contribution is -0.140. The highest BCUT2D eigenvalue weighted by Gasteiger charge is 2.26. The van der Waals surface area contributed by atoms with Crippen LogP contribution in [0.5, 0.6) is 0 Å². The van der Waals surface area contributed by atoms with Crippen molar-refractivity contribution in [2.24, 2.45) is 0 Å². The van der Waals surface area contributed by atoms with E-state index in [4.69, 9.17) is 4.74 Å². The number of hydrogen-bond acceptors (Lipinski definition) is 6. The molecule has 156 valence electrons. The third-order valence-corrected chi connectivity index (χ3v) is 6.60. The second-order valence-electron chi connectivity index (χ2n) is 7.36. The summed E-state index contributed by atoms with van der Waals surface area (Å²) >= 11 is 1.26. The van der Waals surface area contributed by atoms with Crippen molar-refractivity contribution in [3.05, 3.63) is 62.5 Å². The number of aryl methyl sites for hydroxylation is 2. The number of benzene rings is 1. The van der Waals surface area contributed by atoms with Gasteiger partial charge in [0.1, 0.15) is 10.7 Å². The smallest absolute Gasteiger partial charge is 0.307 e. The molecule has 0 spiro atoms. The molecule has 30 heavy (non-hydrogen) atoms. The summed E-state index contributed by atoms with van der Waals surface area (Å²) in [6.07, 6.45) is 1.81. The Labute approximate surface area is 177 Å². The third kappa shape index (κ3) is 3.75. The molecule has 0 bridgehead atoms. The average Bonchev–Trinajstić information content (AvgIpc) is 3.36. The van der Waals surface area contributed by atoms with E-state index in [1.807, 2.05) is 30.3 Å². The number of rotatable bonds is 6. The topological polar surface area (TPSA) is 81.5 Å². The van der Waals surface area contributed by atoms with E-state index in [-0.39, 0.29) is 30.4 Å². The molecule has 0 saturated carbocycles. The van der Waals surface area contributed by atoms with E-state index >= 15 is 0 Å². The van der Waals surface area contributed by atoms with Crippen LogP contribution in [0.25, 0.3) is 10.2 Å². The van der Waals surface area contributed by atoms with E-state index in [0.717, 1.165) is 24.2 Å². The Morgan fingerprint density at radius 2 is 2.03 bits per heavy atom. The number of hydrogen-bond donors (Lipinski definition) is 0. The maximum absolute atomic E-state index is 13.5. The van der Waals surface area contributed by atoms with Gasteiger partial charge < -0.3 is 9.64 Å². The zero-order valence-corrected chi connectivity index (χ0v) is 17.8. The van der Waals surface area contributed by atoms with Gasteiger partial charge in [0.05, 0.1) is 23.8 Å². The predicted octanol–water partition coefficient (Wildman–Crippen LogP) is 2.92. The SMILES string of the molecule is COC(=O)CCN(Cc1ccccc1)C(=O)c1sc2nc3n(c(=O)c2c1C)CCC3. The number of carbonyl (C=O) groups is 2. The van der Waals surface area contributed by atoms with Crippen molar-refractivity contribution >= 4 is 33.4 Å². The van der Waals surface area contributed by atoms with Crippen LogP contribution >= 0.6 is 11.3 Å². The van der Waals surface area contributed by atoms with Gasteiger partial charge in [-0.25, -0.2) is 4.98 Å². The van der Waals surface area contributed by atoms with E-state index in [9.17, 15) is 14.4 Å². The fraction of sp³-hybridized carbons (Fsp3) is 0.364. The number of thiophene rings is 1. The lowest BCUT2D eigenvalue weighted by atomic mass is 10.1. The van der Waals surface area contributed by atoms with Gasteiger partial charge in [-0.3, -0.25) is 19.0 Å². The first kappa shape index (κ1) is 20.3. The quantitative estimate of drug-likeness (QED) is 0.567. The van der Waals surface area contributed by atoms with Crippen molar-refractivity contribution in [1.82, 2.24) is 14.5 Å². The van der Waals surface area contributed by atoms with Crippen LogP contribution in [-0.4, -0.2) is 40.0 Å². The highest BCUT2D eigenvalue weighted by atomic mass is 32.1. The van der Waals surface area contributed by atoms with E-state index < -0.39 is 0 Å². The van der Waals surface area contributed by atoms with Gasteiger partial charge in [-0.05, 0) is 24.5 Å². The molecule has 8 heteroatoms. The van der Waals surface area contributed by atoms with Crippen LogP contribution in [0.3, 0.4) is 0 Å². The first-order chi connectivity index (χ1) is 14.5. The molecular formula is C22H23N3O4S. The highest BCUT2D eigenvalue weighted by Crippen LogP contribution is 2.30. The molecule has 1 aliphatic rings. The van der Waals surface area contributed by atoms with Crippen molar-refractivity contribution in [1.29, 1.82) is 0 Å². The van der Waals surface area contributed by atoms with Gasteiger partial charge in [0.15, 0.2) is 0 Å². The van der Waals surface area contributed by atoms with Gasteiger partial charge >= 0.3 is 5.97 Å². The van der Waals surface area contributed by atoms with Crippen LogP contribution < -0.4 is 5.56 Å². The molecule has 4 rings (SSSR count). The first-order valence-electron chi connectivity index (χ1n) is 9.92. The molecule has 3 heterocycles. The van der Waals surface area contributed by atoms with Crippen molar-refractivity contribution in [3.8, 4) is 0 Å². The number of nitrogens with zero attached hydrogens (tertiary/aromatic N) is 3. The van der Waals surface area contributed by atoms with Gasteiger partial charge in [0.25, 0.3) is 11.5 Å². The molecule has 0 unspecified atom stereocenters. The van der Waals surface area contributed by atoms with Crippen LogP contribution in [0.1, 0.15) is 39.5 Å². The summed E-state index contributed by atoms with van der Waals surface area (Å²) in [5.74, 6) is 0.220. The van der Waals surface area contributed by atoms with E-state index in [2.05, 4.69) is 4.98 Å². The van der Waals surface area contributed by atoms with Crippen LogP contribution in [-0.2, 0) is 29.0 Å². The molecule has 2 aromatic heterocycles. The number of carbonyl (C=O) groups excluding carboxylic acids is 2. The molecular weight excluding hydrogens is 402 g/mol. The second-order valence-corrected chi connectivity index (χ2v) is 8.36. The Morgan fingerprint density at radius 1 is 1.27 bits per heavy atom. The zero-order chi connectivity index (χ0) is 21.3. The van der Waals surface area contributed by atoms with Crippen LogP contribution in [0.15, 0.2) is 35.1 Å². The first-order valence-corrected chi connectivity index (χ1v) is 10.7. The summed E-state index contributed by atoms with van der Waals surface area (Å²) in [5.41, 5.74) is 1.56. The maximum Gasteiger partial charge on any atom is 0.307 e. The van der Waals surface area contributed by atoms with Crippen molar-refractivity contribution in [2.45, 2.75) is 39.3 Å². The van der Waals surface area contributed by atoms with Gasteiger partial charge in [-0.1, -0.05) is 30.3 Å². The number of ether oxygens (including phenoxy) is 1. The van der Waals surface area contributed by atoms with Crippen LogP contribution in [0, 0.1) is 6.92 Å². The minimum atomic E-state index is -0.370. The normalized spacial score (nSPS) is 12.7. The third-order valence-electron chi connectivity index (χ3n) is 5.42. The fourth-order valence-corrected chi connectivity index (χ4v) is 4.97. The van der Waals surface area contributed by atoms with Crippen LogP contribution in [0.2, 0.25) is 0 Å². The number of aromatic nitrogens is 2. The van der Waals surface area contributed by atoms with Crippen LogP contribution in [0.4, 0.5) is 0 Å². The molecule has 1 aromatic carbocycles. The molecule has 0 atom stereocenters. The van der Waals surface area contributed by atoms with Crippen molar-refractivity contribution in [3.63, 3.8) is 0 Å². The number of fused-ring (bicyclic) bond motifs is 2. The summed E-state index contributed by atoms with van der Waals surface area (Å²) in [7, 11) is 1.33. The van der Waals surface area contributed by atoms with Gasteiger partial charge in [-0.2, -0.15) is 0 Å². The Balaban J connectivity index is 1.70.